The zero-order valence-corrected chi connectivity index (χ0v) is 29.8. The van der Waals surface area contributed by atoms with Crippen molar-refractivity contribution < 1.29 is 9.59 Å². The van der Waals surface area contributed by atoms with E-state index in [2.05, 4.69) is 65.2 Å². The molecule has 0 aromatic heterocycles. The lowest BCUT2D eigenvalue weighted by molar-refractivity contribution is -0.130. The summed E-state index contributed by atoms with van der Waals surface area (Å²) >= 11 is 1.55. The molecule has 0 N–H and O–H groups in total. The van der Waals surface area contributed by atoms with Gasteiger partial charge in [0.15, 0.2) is 0 Å². The molecule has 0 aliphatic carbocycles. The van der Waals surface area contributed by atoms with Crippen LogP contribution in [0.2, 0.25) is 0 Å². The summed E-state index contributed by atoms with van der Waals surface area (Å²) in [5, 5.41) is 0. The molecule has 0 fully saturated rings. The monoisotopic (exact) mass is 597 g/mol. The van der Waals surface area contributed by atoms with Gasteiger partial charge in [0.25, 0.3) is 0 Å². The first kappa shape index (κ1) is 40.3. The van der Waals surface area contributed by atoms with E-state index in [1.54, 1.807) is 11.8 Å². The van der Waals surface area contributed by atoms with Crippen molar-refractivity contribution in [1.29, 1.82) is 0 Å². The Kier molecular flexibility index (Phi) is 26.4. The normalized spacial score (nSPS) is 14.4. The van der Waals surface area contributed by atoms with Crippen LogP contribution < -0.4 is 0 Å². The fraction of sp³-hybridized carbons (Fsp3) is 0.944. The minimum Gasteiger partial charge on any atom is -0.341 e. The van der Waals surface area contributed by atoms with Gasteiger partial charge < -0.3 is 9.80 Å². The number of thioether (sulfide) groups is 1. The zero-order chi connectivity index (χ0) is 30.9. The first-order valence-electron chi connectivity index (χ1n) is 18.0. The van der Waals surface area contributed by atoms with Crippen molar-refractivity contribution in [2.75, 3.05) is 37.7 Å². The van der Waals surface area contributed by atoms with Gasteiger partial charge in [0.1, 0.15) is 0 Å². The van der Waals surface area contributed by atoms with Crippen molar-refractivity contribution in [2.24, 2.45) is 23.7 Å². The van der Waals surface area contributed by atoms with Crippen molar-refractivity contribution >= 4 is 23.6 Å². The van der Waals surface area contributed by atoms with Crippen LogP contribution in [-0.2, 0) is 9.59 Å². The van der Waals surface area contributed by atoms with Gasteiger partial charge in [-0.25, -0.2) is 0 Å². The third-order valence-corrected chi connectivity index (χ3v) is 10.1. The Labute approximate surface area is 261 Å². The highest BCUT2D eigenvalue weighted by molar-refractivity contribution is 8.00. The molecular weight excluding hydrogens is 524 g/mol. The lowest BCUT2D eigenvalue weighted by Gasteiger charge is -2.32. The third-order valence-electron chi connectivity index (χ3n) is 9.24. The standard InChI is InChI=1S/C36H72N2O2S/c1-9-17-21-31(13-5)25-37(26-32(14-6)22-18-10-2)35(39)29-41-30-36(40)38(27-33(15-7)23-19-11-3)28-34(16-8)24-20-12-4/h31-34H,9-30H2,1-8H3. The molecule has 4 nitrogen and oxygen atoms in total. The molecule has 0 saturated carbocycles. The zero-order valence-electron chi connectivity index (χ0n) is 29.0. The van der Waals surface area contributed by atoms with Crippen molar-refractivity contribution in [3.05, 3.63) is 0 Å². The highest BCUT2D eigenvalue weighted by Crippen LogP contribution is 2.22. The number of amides is 2. The highest BCUT2D eigenvalue weighted by Gasteiger charge is 2.24. The fourth-order valence-corrected chi connectivity index (χ4v) is 6.70. The molecule has 0 radical (unpaired) electrons. The van der Waals surface area contributed by atoms with E-state index in [-0.39, 0.29) is 11.8 Å². The van der Waals surface area contributed by atoms with Crippen molar-refractivity contribution in [1.82, 2.24) is 9.80 Å². The summed E-state index contributed by atoms with van der Waals surface area (Å²) in [6, 6.07) is 0. The summed E-state index contributed by atoms with van der Waals surface area (Å²) in [5.41, 5.74) is 0. The van der Waals surface area contributed by atoms with Gasteiger partial charge in [0, 0.05) is 26.2 Å². The molecule has 0 saturated heterocycles. The second-order valence-electron chi connectivity index (χ2n) is 12.8. The molecule has 0 aliphatic rings. The topological polar surface area (TPSA) is 40.6 Å². The molecule has 0 spiro atoms. The molecule has 0 aliphatic heterocycles. The quantitative estimate of drug-likeness (QED) is 0.0902. The van der Waals surface area contributed by atoms with Gasteiger partial charge in [-0.2, -0.15) is 0 Å². The fourth-order valence-electron chi connectivity index (χ4n) is 5.88. The second kappa shape index (κ2) is 26.9. The largest absolute Gasteiger partial charge is 0.341 e. The average molecular weight is 597 g/mol. The Hall–Kier alpha value is -0.710. The van der Waals surface area contributed by atoms with Gasteiger partial charge in [0.2, 0.25) is 11.8 Å². The molecule has 0 rings (SSSR count). The van der Waals surface area contributed by atoms with Gasteiger partial charge in [-0.3, -0.25) is 9.59 Å². The summed E-state index contributed by atoms with van der Waals surface area (Å²) in [6.45, 7) is 21.6. The van der Waals surface area contributed by atoms with Crippen molar-refractivity contribution in [2.45, 2.75) is 158 Å². The van der Waals surface area contributed by atoms with E-state index in [0.717, 1.165) is 51.9 Å². The summed E-state index contributed by atoms with van der Waals surface area (Å²) in [7, 11) is 0. The molecule has 2 amide bonds. The van der Waals surface area contributed by atoms with Crippen LogP contribution in [0.25, 0.3) is 0 Å². The van der Waals surface area contributed by atoms with Gasteiger partial charge >= 0.3 is 0 Å². The SMILES string of the molecule is CCCCC(CC)CN(CC(CC)CCCC)C(=O)CSCC(=O)N(CC(CC)CCCC)CC(CC)CCCC. The molecule has 0 bridgehead atoms. The summed E-state index contributed by atoms with van der Waals surface area (Å²) < 4.78 is 0. The number of nitrogens with zero attached hydrogens (tertiary/aromatic N) is 2. The Balaban J connectivity index is 5.42. The maximum absolute atomic E-state index is 13.6. The average Bonchev–Trinajstić information content (AvgIpc) is 2.99. The molecule has 244 valence electrons. The summed E-state index contributed by atoms with van der Waals surface area (Å²) in [6.07, 6.45) is 19.1. The molecule has 4 unspecified atom stereocenters. The van der Waals surface area contributed by atoms with Crippen LogP contribution in [0, 0.1) is 23.7 Å². The van der Waals surface area contributed by atoms with E-state index in [4.69, 9.17) is 0 Å². The second-order valence-corrected chi connectivity index (χ2v) is 13.7. The minimum atomic E-state index is 0.239. The van der Waals surface area contributed by atoms with E-state index in [9.17, 15) is 9.59 Å². The van der Waals surface area contributed by atoms with Gasteiger partial charge in [-0.15, -0.1) is 11.8 Å². The highest BCUT2D eigenvalue weighted by atomic mass is 32.2. The van der Waals surface area contributed by atoms with Gasteiger partial charge in [-0.1, -0.05) is 132 Å². The Morgan fingerprint density at radius 2 is 0.707 bits per heavy atom. The first-order valence-corrected chi connectivity index (χ1v) is 19.1. The summed E-state index contributed by atoms with van der Waals surface area (Å²) in [5.74, 6) is 3.63. The number of hydrogen-bond acceptors (Lipinski definition) is 3. The molecular formula is C36H72N2O2S. The molecule has 41 heavy (non-hydrogen) atoms. The Bertz CT molecular complexity index is 541. The van der Waals surface area contributed by atoms with Crippen molar-refractivity contribution in [3.63, 3.8) is 0 Å². The number of hydrogen-bond donors (Lipinski definition) is 0. The predicted molar refractivity (Wildman–Crippen MR) is 184 cm³/mol. The lowest BCUT2D eigenvalue weighted by atomic mass is 9.95. The minimum absolute atomic E-state index is 0.239. The van der Waals surface area contributed by atoms with Gasteiger partial charge in [-0.05, 0) is 49.4 Å². The van der Waals surface area contributed by atoms with Crippen LogP contribution >= 0.6 is 11.8 Å². The van der Waals surface area contributed by atoms with Gasteiger partial charge in [0.05, 0.1) is 11.5 Å². The molecule has 0 heterocycles. The van der Waals surface area contributed by atoms with Crippen LogP contribution in [0.3, 0.4) is 0 Å². The van der Waals surface area contributed by atoms with E-state index in [1.807, 2.05) is 0 Å². The maximum atomic E-state index is 13.6. The third kappa shape index (κ3) is 19.2. The maximum Gasteiger partial charge on any atom is 0.232 e. The van der Waals surface area contributed by atoms with E-state index >= 15 is 0 Å². The number of unbranched alkanes of at least 4 members (excludes halogenated alkanes) is 4. The molecule has 5 heteroatoms. The van der Waals surface area contributed by atoms with E-state index < -0.39 is 0 Å². The van der Waals surface area contributed by atoms with E-state index in [1.165, 1.54) is 77.0 Å². The van der Waals surface area contributed by atoms with Crippen LogP contribution in [0.4, 0.5) is 0 Å². The van der Waals surface area contributed by atoms with Crippen LogP contribution in [-0.4, -0.2) is 59.3 Å². The molecule has 0 aromatic carbocycles. The van der Waals surface area contributed by atoms with E-state index in [0.29, 0.717) is 35.2 Å². The predicted octanol–water partition coefficient (Wildman–Crippen LogP) is 10.2. The molecule has 0 aromatic rings. The lowest BCUT2D eigenvalue weighted by Crippen LogP contribution is -2.41. The van der Waals surface area contributed by atoms with Crippen LogP contribution in [0.15, 0.2) is 0 Å². The van der Waals surface area contributed by atoms with Crippen molar-refractivity contribution in [3.8, 4) is 0 Å². The number of rotatable bonds is 28. The molecule has 4 atom stereocenters. The first-order chi connectivity index (χ1) is 19.8. The Morgan fingerprint density at radius 1 is 0.463 bits per heavy atom. The number of carbonyl (C=O) groups excluding carboxylic acids is 2. The van der Waals surface area contributed by atoms with Crippen LogP contribution in [0.5, 0.6) is 0 Å². The van der Waals surface area contributed by atoms with Crippen LogP contribution in [0.1, 0.15) is 158 Å². The number of carbonyl (C=O) groups is 2. The smallest absolute Gasteiger partial charge is 0.232 e. The summed E-state index contributed by atoms with van der Waals surface area (Å²) in [4.78, 5) is 31.6. The Morgan fingerprint density at radius 3 is 0.902 bits per heavy atom.